The van der Waals surface area contributed by atoms with Crippen LogP contribution in [-0.2, 0) is 29.0 Å². The van der Waals surface area contributed by atoms with Crippen LogP contribution in [0, 0.1) is 5.92 Å². The van der Waals surface area contributed by atoms with Gasteiger partial charge in [0.2, 0.25) is 0 Å². The Bertz CT molecular complexity index is 1160. The lowest BCUT2D eigenvalue weighted by Crippen LogP contribution is -2.47. The Morgan fingerprint density at radius 2 is 1.68 bits per heavy atom. The zero-order valence-corrected chi connectivity index (χ0v) is 19.7. The molecule has 0 saturated carbocycles. The van der Waals surface area contributed by atoms with Gasteiger partial charge in [-0.15, -0.1) is 0 Å². The first-order chi connectivity index (χ1) is 16.6. The minimum Gasteiger partial charge on any atom is -0.493 e. The van der Waals surface area contributed by atoms with E-state index in [0.717, 1.165) is 41.0 Å². The molecule has 3 aromatic carbocycles. The third-order valence-electron chi connectivity index (χ3n) is 7.38. The Morgan fingerprint density at radius 3 is 2.35 bits per heavy atom. The fourth-order valence-corrected chi connectivity index (χ4v) is 5.88. The minimum absolute atomic E-state index is 0.0317. The molecule has 3 aromatic rings. The van der Waals surface area contributed by atoms with Crippen molar-refractivity contribution in [1.29, 1.82) is 0 Å². The summed E-state index contributed by atoms with van der Waals surface area (Å²) in [6.45, 7) is 0.253. The van der Waals surface area contributed by atoms with E-state index >= 15 is 0 Å². The van der Waals surface area contributed by atoms with Crippen molar-refractivity contribution >= 4 is 5.97 Å². The molecule has 0 fully saturated rings. The lowest BCUT2D eigenvalue weighted by atomic mass is 9.62. The Hall–Kier alpha value is -3.31. The summed E-state index contributed by atoms with van der Waals surface area (Å²) < 4.78 is 17.3. The average Bonchev–Trinajstić information content (AvgIpc) is 2.88. The average molecular weight is 458 g/mol. The molecule has 0 bridgehead atoms. The Balaban J connectivity index is 1.54. The molecule has 2 aliphatic rings. The largest absolute Gasteiger partial charge is 0.493 e. The topological polar surface area (TPSA) is 70.8 Å². The summed E-state index contributed by atoms with van der Waals surface area (Å²) in [7, 11) is 3.35. The van der Waals surface area contributed by atoms with Crippen molar-refractivity contribution < 1.29 is 19.0 Å². The second kappa shape index (κ2) is 9.51. The molecule has 2 N–H and O–H groups in total. The summed E-state index contributed by atoms with van der Waals surface area (Å²) in [6.07, 6.45) is 2.29. The van der Waals surface area contributed by atoms with E-state index < -0.39 is 5.92 Å². The fraction of sp³-hybridized carbons (Fsp3) is 0.345. The van der Waals surface area contributed by atoms with E-state index in [2.05, 4.69) is 24.3 Å². The van der Waals surface area contributed by atoms with Crippen LogP contribution in [0.1, 0.15) is 46.1 Å². The van der Waals surface area contributed by atoms with Gasteiger partial charge < -0.3 is 19.9 Å². The van der Waals surface area contributed by atoms with Crippen molar-refractivity contribution in [3.05, 3.63) is 94.5 Å². The van der Waals surface area contributed by atoms with Crippen LogP contribution in [0.25, 0.3) is 0 Å². The third-order valence-corrected chi connectivity index (χ3v) is 7.38. The highest BCUT2D eigenvalue weighted by Crippen LogP contribution is 2.53. The van der Waals surface area contributed by atoms with Crippen molar-refractivity contribution in [2.45, 2.75) is 43.7 Å². The van der Waals surface area contributed by atoms with Crippen LogP contribution in [0.5, 0.6) is 11.5 Å². The van der Waals surface area contributed by atoms with Crippen molar-refractivity contribution in [3.63, 3.8) is 0 Å². The molecule has 0 spiro atoms. The van der Waals surface area contributed by atoms with Gasteiger partial charge in [0.1, 0.15) is 6.61 Å². The van der Waals surface area contributed by atoms with Crippen LogP contribution >= 0.6 is 0 Å². The van der Waals surface area contributed by atoms with Crippen LogP contribution in [-0.4, -0.2) is 26.2 Å². The summed E-state index contributed by atoms with van der Waals surface area (Å²) in [4.78, 5) is 13.5. The van der Waals surface area contributed by atoms with Crippen LogP contribution in [0.3, 0.4) is 0 Å². The van der Waals surface area contributed by atoms with E-state index in [1.807, 2.05) is 42.5 Å². The van der Waals surface area contributed by atoms with Crippen molar-refractivity contribution in [2.75, 3.05) is 14.2 Å². The molecule has 0 amide bonds. The number of carbonyl (C=O) groups excluding carboxylic acids is 1. The van der Waals surface area contributed by atoms with Gasteiger partial charge in [-0.05, 0) is 59.4 Å². The van der Waals surface area contributed by atoms with Gasteiger partial charge in [-0.3, -0.25) is 4.79 Å². The predicted octanol–water partition coefficient (Wildman–Crippen LogP) is 4.76. The maximum atomic E-state index is 13.5. The maximum Gasteiger partial charge on any atom is 0.311 e. The van der Waals surface area contributed by atoms with E-state index in [0.29, 0.717) is 6.42 Å². The van der Waals surface area contributed by atoms with E-state index in [1.165, 1.54) is 11.1 Å². The second-order valence-corrected chi connectivity index (χ2v) is 9.30. The number of rotatable bonds is 6. The van der Waals surface area contributed by atoms with Crippen molar-refractivity contribution in [2.24, 2.45) is 11.7 Å². The summed E-state index contributed by atoms with van der Waals surface area (Å²) >= 11 is 0. The summed E-state index contributed by atoms with van der Waals surface area (Å²) in [5.74, 6) is 1.08. The van der Waals surface area contributed by atoms with Gasteiger partial charge in [0.15, 0.2) is 11.5 Å². The Labute approximate surface area is 200 Å². The first-order valence-electron chi connectivity index (χ1n) is 11.9. The number of methoxy groups -OCH3 is 2. The molecule has 5 rings (SSSR count). The van der Waals surface area contributed by atoms with Crippen LogP contribution in [0.2, 0.25) is 0 Å². The normalized spacial score (nSPS) is 23.0. The molecule has 0 saturated heterocycles. The second-order valence-electron chi connectivity index (χ2n) is 9.30. The molecule has 0 aliphatic heterocycles. The number of hydrogen-bond donors (Lipinski definition) is 1. The molecule has 176 valence electrons. The van der Waals surface area contributed by atoms with E-state index in [4.69, 9.17) is 19.9 Å². The lowest BCUT2D eigenvalue weighted by Gasteiger charge is -2.43. The van der Waals surface area contributed by atoms with E-state index in [1.54, 1.807) is 14.2 Å². The lowest BCUT2D eigenvalue weighted by molar-refractivity contribution is -0.152. The number of carbonyl (C=O) groups is 1. The Morgan fingerprint density at radius 1 is 0.971 bits per heavy atom. The highest BCUT2D eigenvalue weighted by atomic mass is 16.5. The zero-order valence-electron chi connectivity index (χ0n) is 19.7. The summed E-state index contributed by atoms with van der Waals surface area (Å²) in [6, 6.07) is 22.0. The quantitative estimate of drug-likeness (QED) is 0.541. The third kappa shape index (κ3) is 4.05. The molecule has 34 heavy (non-hydrogen) atoms. The van der Waals surface area contributed by atoms with Gasteiger partial charge in [-0.1, -0.05) is 60.7 Å². The molecule has 5 nitrogen and oxygen atoms in total. The number of hydrogen-bond acceptors (Lipinski definition) is 5. The molecule has 2 aliphatic carbocycles. The molecule has 1 unspecified atom stereocenters. The van der Waals surface area contributed by atoms with Crippen LogP contribution < -0.4 is 15.2 Å². The molecule has 4 atom stereocenters. The molecule has 0 radical (unpaired) electrons. The van der Waals surface area contributed by atoms with Crippen molar-refractivity contribution in [3.8, 4) is 11.5 Å². The maximum absolute atomic E-state index is 13.5. The van der Waals surface area contributed by atoms with Crippen LogP contribution in [0.4, 0.5) is 0 Å². The first-order valence-corrected chi connectivity index (χ1v) is 11.9. The van der Waals surface area contributed by atoms with Crippen LogP contribution in [0.15, 0.2) is 66.7 Å². The number of ether oxygens (including phenoxy) is 3. The summed E-state index contributed by atoms with van der Waals surface area (Å²) in [5.41, 5.74) is 12.4. The highest BCUT2D eigenvalue weighted by Gasteiger charge is 2.46. The smallest absolute Gasteiger partial charge is 0.311 e. The molecular formula is C29H31NO4. The monoisotopic (exact) mass is 457 g/mol. The minimum atomic E-state index is -0.403. The predicted molar refractivity (Wildman–Crippen MR) is 131 cm³/mol. The Kier molecular flexibility index (Phi) is 6.29. The first kappa shape index (κ1) is 22.5. The van der Waals surface area contributed by atoms with Gasteiger partial charge in [0.25, 0.3) is 0 Å². The number of esters is 1. The van der Waals surface area contributed by atoms with Gasteiger partial charge in [0.05, 0.1) is 20.1 Å². The van der Waals surface area contributed by atoms with Gasteiger partial charge in [-0.25, -0.2) is 0 Å². The zero-order chi connectivity index (χ0) is 23.7. The van der Waals surface area contributed by atoms with E-state index in [9.17, 15) is 4.79 Å². The number of nitrogens with two attached hydrogens (primary N) is 1. The summed E-state index contributed by atoms with van der Waals surface area (Å²) in [5, 5.41) is 0. The molecular weight excluding hydrogens is 426 g/mol. The van der Waals surface area contributed by atoms with E-state index in [-0.39, 0.29) is 30.5 Å². The fourth-order valence-electron chi connectivity index (χ4n) is 5.88. The van der Waals surface area contributed by atoms with Gasteiger partial charge >= 0.3 is 5.97 Å². The highest BCUT2D eigenvalue weighted by molar-refractivity contribution is 5.76. The molecule has 0 aromatic heterocycles. The van der Waals surface area contributed by atoms with Crippen molar-refractivity contribution in [1.82, 2.24) is 0 Å². The SMILES string of the molecule is COc1cc2c3c(c1OC)C[C@@H](c1ccccc1)C[C@@H]3[C@@H](C(=O)OCc1ccccc1)C(N)C2. The van der Waals surface area contributed by atoms with Gasteiger partial charge in [-0.2, -0.15) is 0 Å². The standard InChI is InChI=1S/C29H31NO4/c1-32-25-16-21-15-24(30)27(29(31)34-17-18-9-5-3-6-10-18)22-13-20(19-11-7-4-8-12-19)14-23(26(21)22)28(25)33-2/h3-12,16,20,22,24,27H,13-15,17,30H2,1-2H3/t20-,22-,24?,27+/m0/s1. The molecule has 0 heterocycles. The number of benzene rings is 3. The van der Waals surface area contributed by atoms with Gasteiger partial charge in [0, 0.05) is 11.6 Å². The molecule has 5 heteroatoms.